The van der Waals surface area contributed by atoms with Crippen molar-refractivity contribution in [2.75, 3.05) is 19.8 Å². The zero-order valence-electron chi connectivity index (χ0n) is 20.7. The molecule has 0 bridgehead atoms. The second kappa shape index (κ2) is 16.4. The fourth-order valence-electron chi connectivity index (χ4n) is 4.48. The standard InChI is InChI=1S/C24H46O11/c1-2-3-4-5-6-7-8-9-10-11-12-32-23-21(31)19(29)22(16(14-26)34-23)35-24-20(30)18(28)17(27)15(13-25)33-24/h15-31H,2-14H2,1H3/t15?,16-,17-,18?,19?,20?,21-,22?,23-,24?/m1/s1. The van der Waals surface area contributed by atoms with Crippen molar-refractivity contribution in [3.05, 3.63) is 0 Å². The van der Waals surface area contributed by atoms with Crippen LogP contribution in [0.2, 0.25) is 0 Å². The highest BCUT2D eigenvalue weighted by molar-refractivity contribution is 4.94. The first kappa shape index (κ1) is 30.8. The minimum Gasteiger partial charge on any atom is -0.394 e. The smallest absolute Gasteiger partial charge is 0.187 e. The molecule has 0 saturated carbocycles. The van der Waals surface area contributed by atoms with Crippen LogP contribution in [0.25, 0.3) is 0 Å². The SMILES string of the molecule is CCCCCCCCCCCCO[C@@H]1O[C@H](CO)C(OC2OC(CO)[C@@H](O)C(O)C2O)C(O)[C@H]1O. The molecule has 0 spiro atoms. The molecule has 35 heavy (non-hydrogen) atoms. The van der Waals surface area contributed by atoms with Crippen LogP contribution in [0, 0.1) is 0 Å². The molecule has 0 aliphatic carbocycles. The molecule has 11 nitrogen and oxygen atoms in total. The number of hydrogen-bond donors (Lipinski definition) is 7. The first-order chi connectivity index (χ1) is 16.8. The third kappa shape index (κ3) is 9.11. The van der Waals surface area contributed by atoms with Gasteiger partial charge in [-0.15, -0.1) is 0 Å². The maximum atomic E-state index is 10.6. The van der Waals surface area contributed by atoms with Gasteiger partial charge in [0.25, 0.3) is 0 Å². The second-order valence-corrected chi connectivity index (χ2v) is 9.56. The molecule has 2 fully saturated rings. The second-order valence-electron chi connectivity index (χ2n) is 9.56. The Morgan fingerprint density at radius 3 is 1.66 bits per heavy atom. The summed E-state index contributed by atoms with van der Waals surface area (Å²) < 4.78 is 22.0. The van der Waals surface area contributed by atoms with E-state index >= 15 is 0 Å². The first-order valence-electron chi connectivity index (χ1n) is 13.1. The summed E-state index contributed by atoms with van der Waals surface area (Å²) in [4.78, 5) is 0. The van der Waals surface area contributed by atoms with Crippen LogP contribution in [0.1, 0.15) is 71.1 Å². The van der Waals surface area contributed by atoms with Gasteiger partial charge in [-0.2, -0.15) is 0 Å². The van der Waals surface area contributed by atoms with Crippen molar-refractivity contribution < 1.29 is 54.7 Å². The minimum atomic E-state index is -1.69. The Morgan fingerprint density at radius 1 is 0.571 bits per heavy atom. The summed E-state index contributed by atoms with van der Waals surface area (Å²) in [7, 11) is 0. The fraction of sp³-hybridized carbons (Fsp3) is 1.00. The Balaban J connectivity index is 1.74. The Kier molecular flexibility index (Phi) is 14.4. The predicted octanol–water partition coefficient (Wildman–Crippen LogP) is -0.452. The van der Waals surface area contributed by atoms with Crippen molar-refractivity contribution >= 4 is 0 Å². The average molecular weight is 511 g/mol. The summed E-state index contributed by atoms with van der Waals surface area (Å²) in [6.07, 6.45) is -2.63. The molecule has 2 heterocycles. The van der Waals surface area contributed by atoms with E-state index in [1.165, 1.54) is 44.9 Å². The lowest BCUT2D eigenvalue weighted by atomic mass is 9.97. The van der Waals surface area contributed by atoms with Crippen molar-refractivity contribution in [1.82, 2.24) is 0 Å². The highest BCUT2D eigenvalue weighted by Crippen LogP contribution is 2.29. The molecule has 2 aliphatic rings. The summed E-state index contributed by atoms with van der Waals surface area (Å²) in [5.41, 5.74) is 0. The number of rotatable bonds is 16. The summed E-state index contributed by atoms with van der Waals surface area (Å²) in [6, 6.07) is 0. The lowest BCUT2D eigenvalue weighted by Gasteiger charge is -2.45. The van der Waals surface area contributed by atoms with E-state index in [0.717, 1.165) is 19.3 Å². The zero-order chi connectivity index (χ0) is 25.8. The van der Waals surface area contributed by atoms with Crippen LogP contribution < -0.4 is 0 Å². The summed E-state index contributed by atoms with van der Waals surface area (Å²) >= 11 is 0. The number of aliphatic hydroxyl groups excluding tert-OH is 7. The minimum absolute atomic E-state index is 0.321. The largest absolute Gasteiger partial charge is 0.394 e. The highest BCUT2D eigenvalue weighted by Gasteiger charge is 2.50. The van der Waals surface area contributed by atoms with E-state index in [9.17, 15) is 35.7 Å². The van der Waals surface area contributed by atoms with Crippen LogP contribution >= 0.6 is 0 Å². The van der Waals surface area contributed by atoms with Gasteiger partial charge in [0.15, 0.2) is 12.6 Å². The highest BCUT2D eigenvalue weighted by atomic mass is 16.7. The zero-order valence-corrected chi connectivity index (χ0v) is 20.7. The van der Waals surface area contributed by atoms with Crippen molar-refractivity contribution in [3.63, 3.8) is 0 Å². The predicted molar refractivity (Wildman–Crippen MR) is 124 cm³/mol. The molecular formula is C24H46O11. The van der Waals surface area contributed by atoms with E-state index in [2.05, 4.69) is 6.92 Å². The van der Waals surface area contributed by atoms with Gasteiger partial charge >= 0.3 is 0 Å². The van der Waals surface area contributed by atoms with Crippen LogP contribution in [-0.4, -0.2) is 117 Å². The number of hydrogen-bond acceptors (Lipinski definition) is 11. The van der Waals surface area contributed by atoms with Gasteiger partial charge in [-0.3, -0.25) is 0 Å². The molecular weight excluding hydrogens is 464 g/mol. The molecule has 11 heteroatoms. The van der Waals surface area contributed by atoms with Gasteiger partial charge < -0.3 is 54.7 Å². The van der Waals surface area contributed by atoms with Crippen molar-refractivity contribution in [2.45, 2.75) is 133 Å². The summed E-state index contributed by atoms with van der Waals surface area (Å²) in [5, 5.41) is 70.1. The van der Waals surface area contributed by atoms with Crippen LogP contribution in [0.3, 0.4) is 0 Å². The Morgan fingerprint density at radius 2 is 1.09 bits per heavy atom. The molecule has 10 atom stereocenters. The first-order valence-corrected chi connectivity index (χ1v) is 13.1. The number of aliphatic hydroxyl groups is 7. The third-order valence-corrected chi connectivity index (χ3v) is 6.74. The van der Waals surface area contributed by atoms with Crippen LogP contribution in [0.5, 0.6) is 0 Å². The van der Waals surface area contributed by atoms with Gasteiger partial charge in [-0.1, -0.05) is 64.7 Å². The fourth-order valence-corrected chi connectivity index (χ4v) is 4.48. The van der Waals surface area contributed by atoms with E-state index in [1.807, 2.05) is 0 Å². The van der Waals surface area contributed by atoms with Gasteiger partial charge in [0.1, 0.15) is 48.8 Å². The van der Waals surface area contributed by atoms with E-state index in [4.69, 9.17) is 18.9 Å². The maximum Gasteiger partial charge on any atom is 0.187 e. The third-order valence-electron chi connectivity index (χ3n) is 6.74. The van der Waals surface area contributed by atoms with Gasteiger partial charge in [-0.05, 0) is 6.42 Å². The summed E-state index contributed by atoms with van der Waals surface area (Å²) in [5.74, 6) is 0. The van der Waals surface area contributed by atoms with Gasteiger partial charge in [-0.25, -0.2) is 0 Å². The molecule has 0 aromatic carbocycles. The average Bonchev–Trinajstić information content (AvgIpc) is 2.86. The van der Waals surface area contributed by atoms with Crippen LogP contribution in [0.15, 0.2) is 0 Å². The molecule has 2 rings (SSSR count). The normalized spacial score (nSPS) is 38.1. The molecule has 2 aliphatic heterocycles. The Bertz CT molecular complexity index is 550. The molecule has 0 aromatic heterocycles. The van der Waals surface area contributed by atoms with E-state index in [1.54, 1.807) is 0 Å². The van der Waals surface area contributed by atoms with Crippen LogP contribution in [0.4, 0.5) is 0 Å². The van der Waals surface area contributed by atoms with Gasteiger partial charge in [0.05, 0.1) is 13.2 Å². The topological polar surface area (TPSA) is 179 Å². The molecule has 0 radical (unpaired) electrons. The molecule has 7 N–H and O–H groups in total. The van der Waals surface area contributed by atoms with E-state index in [0.29, 0.717) is 6.61 Å². The monoisotopic (exact) mass is 510 g/mol. The lowest BCUT2D eigenvalue weighted by molar-refractivity contribution is -0.359. The Hall–Kier alpha value is -0.440. The lowest BCUT2D eigenvalue weighted by Crippen LogP contribution is -2.64. The molecule has 2 saturated heterocycles. The van der Waals surface area contributed by atoms with Crippen molar-refractivity contribution in [2.24, 2.45) is 0 Å². The molecule has 6 unspecified atom stereocenters. The quantitative estimate of drug-likeness (QED) is 0.134. The van der Waals surface area contributed by atoms with Gasteiger partial charge in [0, 0.05) is 6.61 Å². The maximum absolute atomic E-state index is 10.6. The summed E-state index contributed by atoms with van der Waals surface area (Å²) in [6.45, 7) is 1.31. The molecule has 208 valence electrons. The Labute approximate surface area is 207 Å². The van der Waals surface area contributed by atoms with Crippen molar-refractivity contribution in [1.29, 1.82) is 0 Å². The van der Waals surface area contributed by atoms with Crippen molar-refractivity contribution in [3.8, 4) is 0 Å². The van der Waals surface area contributed by atoms with E-state index < -0.39 is 74.6 Å². The van der Waals surface area contributed by atoms with Crippen LogP contribution in [-0.2, 0) is 18.9 Å². The number of unbranched alkanes of at least 4 members (excludes halogenated alkanes) is 9. The van der Waals surface area contributed by atoms with E-state index in [-0.39, 0.29) is 0 Å². The van der Waals surface area contributed by atoms with Gasteiger partial charge in [0.2, 0.25) is 0 Å². The number of ether oxygens (including phenoxy) is 4. The molecule has 0 amide bonds. The molecule has 0 aromatic rings.